The maximum absolute atomic E-state index is 11.0. The van der Waals surface area contributed by atoms with Crippen molar-refractivity contribution in [2.75, 3.05) is 0 Å². The van der Waals surface area contributed by atoms with Gasteiger partial charge in [-0.1, -0.05) is 18.2 Å². The van der Waals surface area contributed by atoms with Crippen molar-refractivity contribution in [3.05, 3.63) is 137 Å². The summed E-state index contributed by atoms with van der Waals surface area (Å²) in [5, 5.41) is 9.06. The summed E-state index contributed by atoms with van der Waals surface area (Å²) >= 11 is -0.00168. The van der Waals surface area contributed by atoms with E-state index in [2.05, 4.69) is 73.1 Å². The number of carboxylic acid groups (broad SMARTS) is 1. The molecule has 0 heterocycles. The second-order valence-corrected chi connectivity index (χ2v) is 11.8. The van der Waals surface area contributed by atoms with Gasteiger partial charge in [-0.25, -0.2) is 0 Å². The van der Waals surface area contributed by atoms with Crippen LogP contribution in [0.3, 0.4) is 0 Å². The van der Waals surface area contributed by atoms with E-state index in [0.717, 1.165) is 23.3 Å². The fourth-order valence-corrected chi connectivity index (χ4v) is 5.79. The van der Waals surface area contributed by atoms with Gasteiger partial charge in [0, 0.05) is 0 Å². The summed E-state index contributed by atoms with van der Waals surface area (Å²) in [4.78, 5) is 14.4. The SMILES string of the molecule is CC1(C)CC=C(c2ccc(COc3ccccc3)cc2)c2ccc([Se]C#Cc3ccc(C(=O)O)cc3)cc21. The van der Waals surface area contributed by atoms with Crippen molar-refractivity contribution in [1.29, 1.82) is 0 Å². The van der Waals surface area contributed by atoms with Crippen LogP contribution in [0.5, 0.6) is 5.75 Å². The molecule has 188 valence electrons. The summed E-state index contributed by atoms with van der Waals surface area (Å²) in [6, 6.07) is 32.0. The molecule has 0 atom stereocenters. The molecule has 0 aromatic heterocycles. The Balaban J connectivity index is 1.32. The van der Waals surface area contributed by atoms with Crippen molar-refractivity contribution in [2.45, 2.75) is 32.3 Å². The van der Waals surface area contributed by atoms with Crippen molar-refractivity contribution < 1.29 is 14.6 Å². The molecule has 38 heavy (non-hydrogen) atoms. The molecule has 0 unspecified atom stereocenters. The molecule has 0 radical (unpaired) electrons. The molecule has 3 nitrogen and oxygen atoms in total. The minimum absolute atomic E-state index is 0.00168. The van der Waals surface area contributed by atoms with Gasteiger partial charge in [0.05, 0.1) is 0 Å². The second kappa shape index (κ2) is 11.2. The van der Waals surface area contributed by atoms with Crippen LogP contribution in [0.2, 0.25) is 0 Å². The molecule has 1 aliphatic carbocycles. The van der Waals surface area contributed by atoms with Crippen LogP contribution in [0.4, 0.5) is 0 Å². The number of ether oxygens (including phenoxy) is 1. The van der Waals surface area contributed by atoms with Crippen molar-refractivity contribution in [2.24, 2.45) is 0 Å². The summed E-state index contributed by atoms with van der Waals surface area (Å²) < 4.78 is 7.15. The Bertz CT molecular complexity index is 1540. The topological polar surface area (TPSA) is 46.5 Å². The van der Waals surface area contributed by atoms with Gasteiger partial charge in [-0.15, -0.1) is 0 Å². The number of hydrogen-bond donors (Lipinski definition) is 1. The Labute approximate surface area is 230 Å². The van der Waals surface area contributed by atoms with Crippen molar-refractivity contribution >= 4 is 31.0 Å². The van der Waals surface area contributed by atoms with Crippen LogP contribution in [-0.4, -0.2) is 26.0 Å². The zero-order chi connectivity index (χ0) is 26.5. The van der Waals surface area contributed by atoms with Crippen molar-refractivity contribution in [1.82, 2.24) is 0 Å². The van der Waals surface area contributed by atoms with Gasteiger partial charge in [0.15, 0.2) is 0 Å². The van der Waals surface area contributed by atoms with Crippen LogP contribution in [-0.2, 0) is 12.0 Å². The molecule has 4 aromatic carbocycles. The zero-order valence-corrected chi connectivity index (χ0v) is 23.1. The quantitative estimate of drug-likeness (QED) is 0.218. The molecular weight excluding hydrogens is 535 g/mol. The fraction of sp³-hybridized carbons (Fsp3) is 0.147. The van der Waals surface area contributed by atoms with Crippen LogP contribution >= 0.6 is 0 Å². The predicted octanol–water partition coefficient (Wildman–Crippen LogP) is 6.42. The van der Waals surface area contributed by atoms with E-state index in [9.17, 15) is 4.79 Å². The number of hydrogen-bond acceptors (Lipinski definition) is 2. The van der Waals surface area contributed by atoms with E-state index in [-0.39, 0.29) is 25.9 Å². The Kier molecular flexibility index (Phi) is 7.52. The van der Waals surface area contributed by atoms with Gasteiger partial charge in [0.2, 0.25) is 0 Å². The number of fused-ring (bicyclic) bond motifs is 1. The van der Waals surface area contributed by atoms with E-state index in [4.69, 9.17) is 9.84 Å². The molecule has 0 amide bonds. The number of allylic oxidation sites excluding steroid dienone is 1. The maximum atomic E-state index is 11.0. The minimum atomic E-state index is -0.924. The van der Waals surface area contributed by atoms with Crippen LogP contribution in [0.25, 0.3) is 5.57 Å². The Morgan fingerprint density at radius 2 is 1.68 bits per heavy atom. The number of para-hydroxylation sites is 1. The standard InChI is InChI=1S/C34H28O3Se/c1-34(2)20-18-30(26-12-10-25(11-13-26)23-37-28-6-4-3-5-7-28)31-17-16-29(22-32(31)34)38-21-19-24-8-14-27(15-9-24)33(35)36/h3-18,22H,20,23H2,1-2H3,(H,35,36). The van der Waals surface area contributed by atoms with E-state index in [0.29, 0.717) is 6.61 Å². The Morgan fingerprint density at radius 3 is 2.39 bits per heavy atom. The van der Waals surface area contributed by atoms with Gasteiger partial charge in [-0.3, -0.25) is 0 Å². The third kappa shape index (κ3) is 5.92. The molecule has 0 saturated carbocycles. The summed E-state index contributed by atoms with van der Waals surface area (Å²) in [5.41, 5.74) is 7.43. The first kappa shape index (κ1) is 25.6. The van der Waals surface area contributed by atoms with Gasteiger partial charge in [-0.05, 0) is 12.1 Å². The van der Waals surface area contributed by atoms with Crippen LogP contribution in [0.1, 0.15) is 58.4 Å². The molecule has 0 spiro atoms. The molecule has 4 heteroatoms. The van der Waals surface area contributed by atoms with Crippen molar-refractivity contribution in [3.63, 3.8) is 0 Å². The average Bonchev–Trinajstić information content (AvgIpc) is 2.93. The molecule has 0 saturated heterocycles. The third-order valence-corrected chi connectivity index (χ3v) is 8.19. The third-order valence-electron chi connectivity index (χ3n) is 6.74. The van der Waals surface area contributed by atoms with Gasteiger partial charge in [0.25, 0.3) is 0 Å². The number of rotatable bonds is 6. The van der Waals surface area contributed by atoms with E-state index in [1.807, 2.05) is 30.3 Å². The first-order chi connectivity index (χ1) is 18.4. The van der Waals surface area contributed by atoms with Crippen LogP contribution < -0.4 is 9.20 Å². The number of carbonyl (C=O) groups is 1. The molecule has 5 rings (SSSR count). The van der Waals surface area contributed by atoms with Crippen molar-refractivity contribution in [3.8, 4) is 16.5 Å². The molecule has 0 bridgehead atoms. The van der Waals surface area contributed by atoms with E-state index >= 15 is 0 Å². The summed E-state index contributed by atoms with van der Waals surface area (Å²) in [6.45, 7) is 5.15. The van der Waals surface area contributed by atoms with Crippen LogP contribution in [0, 0.1) is 10.7 Å². The second-order valence-electron chi connectivity index (χ2n) is 9.92. The van der Waals surface area contributed by atoms with Gasteiger partial charge < -0.3 is 0 Å². The summed E-state index contributed by atoms with van der Waals surface area (Å²) in [5.74, 6) is 3.14. The van der Waals surface area contributed by atoms with Gasteiger partial charge in [-0.2, -0.15) is 0 Å². The summed E-state index contributed by atoms with van der Waals surface area (Å²) in [6.07, 6.45) is 3.34. The zero-order valence-electron chi connectivity index (χ0n) is 21.4. The molecule has 1 aliphatic rings. The molecule has 0 fully saturated rings. The van der Waals surface area contributed by atoms with Gasteiger partial charge >= 0.3 is 201 Å². The van der Waals surface area contributed by atoms with E-state index in [1.165, 1.54) is 26.7 Å². The first-order valence-corrected chi connectivity index (χ1v) is 14.2. The monoisotopic (exact) mass is 564 g/mol. The van der Waals surface area contributed by atoms with E-state index < -0.39 is 5.97 Å². The predicted molar refractivity (Wildman–Crippen MR) is 154 cm³/mol. The number of carboxylic acids is 1. The first-order valence-electron chi connectivity index (χ1n) is 12.5. The molecular formula is C34H28O3Se. The molecule has 1 N–H and O–H groups in total. The fourth-order valence-electron chi connectivity index (χ4n) is 4.54. The Morgan fingerprint density at radius 1 is 0.947 bits per heavy atom. The number of benzene rings is 4. The van der Waals surface area contributed by atoms with Crippen LogP contribution in [0.15, 0.2) is 103 Å². The number of aromatic carboxylic acids is 1. The molecule has 4 aromatic rings. The van der Waals surface area contributed by atoms with E-state index in [1.54, 1.807) is 24.3 Å². The normalized spacial score (nSPS) is 13.5. The Hall–Kier alpha value is -4.03. The molecule has 0 aliphatic heterocycles. The average molecular weight is 564 g/mol. The summed E-state index contributed by atoms with van der Waals surface area (Å²) in [7, 11) is 0. The van der Waals surface area contributed by atoms with Gasteiger partial charge in [0.1, 0.15) is 0 Å².